The van der Waals surface area contributed by atoms with E-state index >= 15 is 0 Å². The lowest BCUT2D eigenvalue weighted by Gasteiger charge is -2.02. The summed E-state index contributed by atoms with van der Waals surface area (Å²) in [6.07, 6.45) is 6.33. The van der Waals surface area contributed by atoms with Crippen LogP contribution < -0.4 is 11.1 Å². The van der Waals surface area contributed by atoms with Crippen LogP contribution in [0.3, 0.4) is 0 Å². The topological polar surface area (TPSA) is 55.1 Å². The molecule has 0 saturated heterocycles. The number of hydrogen-bond acceptors (Lipinski definition) is 3. The average molecular weight is 204 g/mol. The van der Waals surface area contributed by atoms with Gasteiger partial charge < -0.3 is 11.1 Å². The third kappa shape index (κ3) is 11.8. The molecule has 78 valence electrons. The first-order valence-corrected chi connectivity index (χ1v) is 6.14. The summed E-state index contributed by atoms with van der Waals surface area (Å²) in [5.74, 6) is 1.02. The van der Waals surface area contributed by atoms with E-state index in [-0.39, 0.29) is 5.91 Å². The molecule has 0 radical (unpaired) electrons. The Labute approximate surface area is 84.8 Å². The van der Waals surface area contributed by atoms with E-state index in [9.17, 15) is 4.79 Å². The third-order valence-corrected chi connectivity index (χ3v) is 2.45. The highest BCUT2D eigenvalue weighted by atomic mass is 32.2. The van der Waals surface area contributed by atoms with Gasteiger partial charge in [-0.3, -0.25) is 4.79 Å². The molecule has 0 unspecified atom stereocenters. The number of carbonyl (C=O) groups is 1. The number of unbranched alkanes of at least 4 members (excludes halogenated alkanes) is 2. The number of primary amides is 1. The van der Waals surface area contributed by atoms with Crippen molar-refractivity contribution in [2.24, 2.45) is 5.73 Å². The summed E-state index contributed by atoms with van der Waals surface area (Å²) in [6.45, 7) is 1.72. The Kier molecular flexibility index (Phi) is 9.70. The van der Waals surface area contributed by atoms with Crippen LogP contribution in [0, 0.1) is 0 Å². The molecule has 3 nitrogen and oxygen atoms in total. The number of thioether (sulfide) groups is 1. The molecule has 0 saturated carbocycles. The molecular formula is C9H20N2OS. The van der Waals surface area contributed by atoms with Gasteiger partial charge in [-0.2, -0.15) is 11.8 Å². The monoisotopic (exact) mass is 204 g/mol. The Bertz CT molecular complexity index is 131. The van der Waals surface area contributed by atoms with Crippen LogP contribution in [0.15, 0.2) is 0 Å². The Morgan fingerprint density at radius 1 is 1.31 bits per heavy atom. The maximum absolute atomic E-state index is 10.4. The first kappa shape index (κ1) is 12.8. The Morgan fingerprint density at radius 2 is 2.08 bits per heavy atom. The molecule has 0 rings (SSSR count). The fourth-order valence-electron chi connectivity index (χ4n) is 1.01. The predicted octanol–water partition coefficient (Wildman–Crippen LogP) is 0.985. The third-order valence-electron chi connectivity index (χ3n) is 1.75. The highest BCUT2D eigenvalue weighted by molar-refractivity contribution is 7.98. The molecule has 0 aliphatic heterocycles. The molecule has 0 aliphatic rings. The van der Waals surface area contributed by atoms with Crippen LogP contribution >= 0.6 is 11.8 Å². The molecule has 0 atom stereocenters. The second-order valence-electron chi connectivity index (χ2n) is 3.02. The smallest absolute Gasteiger partial charge is 0.218 e. The highest BCUT2D eigenvalue weighted by Gasteiger charge is 1.93. The van der Waals surface area contributed by atoms with Gasteiger partial charge in [0.15, 0.2) is 0 Å². The molecule has 0 spiro atoms. The summed E-state index contributed by atoms with van der Waals surface area (Å²) in [5.41, 5.74) is 4.99. The molecule has 13 heavy (non-hydrogen) atoms. The van der Waals surface area contributed by atoms with E-state index in [1.54, 1.807) is 0 Å². The van der Waals surface area contributed by atoms with Gasteiger partial charge in [0, 0.05) is 13.0 Å². The van der Waals surface area contributed by atoms with Crippen molar-refractivity contribution in [3.8, 4) is 0 Å². The summed E-state index contributed by atoms with van der Waals surface area (Å²) in [6, 6.07) is 0. The van der Waals surface area contributed by atoms with Crippen molar-refractivity contribution in [2.45, 2.75) is 25.7 Å². The van der Waals surface area contributed by atoms with Crippen LogP contribution in [0.2, 0.25) is 0 Å². The second-order valence-corrected chi connectivity index (χ2v) is 4.01. The maximum atomic E-state index is 10.4. The van der Waals surface area contributed by atoms with Gasteiger partial charge in [0.05, 0.1) is 0 Å². The molecule has 0 bridgehead atoms. The number of hydrogen-bond donors (Lipinski definition) is 2. The summed E-state index contributed by atoms with van der Waals surface area (Å²) in [4.78, 5) is 10.4. The van der Waals surface area contributed by atoms with E-state index < -0.39 is 0 Å². The van der Waals surface area contributed by atoms with Gasteiger partial charge >= 0.3 is 0 Å². The van der Waals surface area contributed by atoms with Gasteiger partial charge in [-0.25, -0.2) is 0 Å². The molecule has 1 amide bonds. The quantitative estimate of drug-likeness (QED) is 0.551. The van der Waals surface area contributed by atoms with E-state index in [1.807, 2.05) is 11.8 Å². The van der Waals surface area contributed by atoms with Crippen molar-refractivity contribution < 1.29 is 4.79 Å². The van der Waals surface area contributed by atoms with Crippen LogP contribution in [0.25, 0.3) is 0 Å². The number of amides is 1. The number of carbonyl (C=O) groups excluding carboxylic acids is 1. The zero-order valence-electron chi connectivity index (χ0n) is 8.34. The normalized spacial score (nSPS) is 10.2. The van der Waals surface area contributed by atoms with Crippen LogP contribution in [0.5, 0.6) is 0 Å². The van der Waals surface area contributed by atoms with Gasteiger partial charge in [0.2, 0.25) is 5.91 Å². The van der Waals surface area contributed by atoms with Gasteiger partial charge in [-0.05, 0) is 31.4 Å². The number of rotatable bonds is 9. The molecule has 0 fully saturated rings. The van der Waals surface area contributed by atoms with Gasteiger partial charge in [-0.1, -0.05) is 6.42 Å². The number of nitrogens with one attached hydrogen (secondary N) is 1. The van der Waals surface area contributed by atoms with E-state index in [4.69, 9.17) is 5.73 Å². The minimum absolute atomic E-state index is 0.227. The fourth-order valence-corrected chi connectivity index (χ4v) is 1.50. The van der Waals surface area contributed by atoms with Crippen LogP contribution in [-0.2, 0) is 4.79 Å². The predicted molar refractivity (Wildman–Crippen MR) is 58.9 cm³/mol. The Hall–Kier alpha value is -0.220. The molecule has 0 aromatic carbocycles. The average Bonchev–Trinajstić information content (AvgIpc) is 2.09. The summed E-state index contributed by atoms with van der Waals surface area (Å²) >= 11 is 1.89. The van der Waals surface area contributed by atoms with Crippen molar-refractivity contribution in [2.75, 3.05) is 25.1 Å². The zero-order valence-corrected chi connectivity index (χ0v) is 9.16. The zero-order chi connectivity index (χ0) is 9.94. The second kappa shape index (κ2) is 9.86. The van der Waals surface area contributed by atoms with Crippen LogP contribution in [0.1, 0.15) is 25.7 Å². The summed E-state index contributed by atoms with van der Waals surface area (Å²) < 4.78 is 0. The fraction of sp³-hybridized carbons (Fsp3) is 0.889. The molecular weight excluding hydrogens is 184 g/mol. The largest absolute Gasteiger partial charge is 0.370 e. The highest BCUT2D eigenvalue weighted by Crippen LogP contribution is 2.00. The van der Waals surface area contributed by atoms with Crippen molar-refractivity contribution in [3.05, 3.63) is 0 Å². The SMILES string of the molecule is CSCCCCCNCCC(N)=O. The molecule has 0 aromatic heterocycles. The van der Waals surface area contributed by atoms with E-state index in [0.29, 0.717) is 6.42 Å². The molecule has 4 heteroatoms. The summed E-state index contributed by atoms with van der Waals surface area (Å²) in [5, 5.41) is 3.19. The van der Waals surface area contributed by atoms with Gasteiger partial charge in [0.25, 0.3) is 0 Å². The molecule has 3 N–H and O–H groups in total. The maximum Gasteiger partial charge on any atom is 0.218 e. The minimum Gasteiger partial charge on any atom is -0.370 e. The van der Waals surface area contributed by atoms with Crippen molar-refractivity contribution >= 4 is 17.7 Å². The first-order valence-electron chi connectivity index (χ1n) is 4.75. The van der Waals surface area contributed by atoms with Crippen molar-refractivity contribution in [1.82, 2.24) is 5.32 Å². The van der Waals surface area contributed by atoms with Gasteiger partial charge in [-0.15, -0.1) is 0 Å². The van der Waals surface area contributed by atoms with Crippen LogP contribution in [-0.4, -0.2) is 31.0 Å². The number of nitrogens with two attached hydrogens (primary N) is 1. The Morgan fingerprint density at radius 3 is 2.69 bits per heavy atom. The summed E-state index contributed by atoms with van der Waals surface area (Å²) in [7, 11) is 0. The van der Waals surface area contributed by atoms with E-state index in [2.05, 4.69) is 11.6 Å². The first-order chi connectivity index (χ1) is 6.27. The molecule has 0 heterocycles. The van der Waals surface area contributed by atoms with Crippen molar-refractivity contribution in [3.63, 3.8) is 0 Å². The Balaban J connectivity index is 2.87. The van der Waals surface area contributed by atoms with Gasteiger partial charge in [0.1, 0.15) is 0 Å². The van der Waals surface area contributed by atoms with E-state index in [0.717, 1.165) is 13.1 Å². The lowest BCUT2D eigenvalue weighted by atomic mass is 10.2. The minimum atomic E-state index is -0.227. The van der Waals surface area contributed by atoms with E-state index in [1.165, 1.54) is 25.0 Å². The lowest BCUT2D eigenvalue weighted by Crippen LogP contribution is -2.22. The lowest BCUT2D eigenvalue weighted by molar-refractivity contribution is -0.117. The standard InChI is InChI=1S/C9H20N2OS/c1-13-8-4-2-3-6-11-7-5-9(10)12/h11H,2-8H2,1H3,(H2,10,12). The molecule has 0 aliphatic carbocycles. The molecule has 0 aromatic rings. The van der Waals surface area contributed by atoms with Crippen molar-refractivity contribution in [1.29, 1.82) is 0 Å². The van der Waals surface area contributed by atoms with Crippen LogP contribution in [0.4, 0.5) is 0 Å².